The number of morpholine rings is 1. The van der Waals surface area contributed by atoms with Crippen LogP contribution < -0.4 is 5.32 Å². The van der Waals surface area contributed by atoms with Crippen molar-refractivity contribution in [1.82, 2.24) is 20.0 Å². The lowest BCUT2D eigenvalue weighted by Gasteiger charge is -2.32. The first kappa shape index (κ1) is 17.6. The van der Waals surface area contributed by atoms with Crippen LogP contribution in [0.25, 0.3) is 0 Å². The van der Waals surface area contributed by atoms with Gasteiger partial charge in [-0.25, -0.2) is 0 Å². The van der Waals surface area contributed by atoms with Gasteiger partial charge in [0.2, 0.25) is 5.91 Å². The Morgan fingerprint density at radius 3 is 2.96 bits per heavy atom. The first-order chi connectivity index (χ1) is 12.2. The zero-order chi connectivity index (χ0) is 17.5. The summed E-state index contributed by atoms with van der Waals surface area (Å²) in [6, 6.07) is 10.3. The molecule has 1 saturated heterocycles. The van der Waals surface area contributed by atoms with Gasteiger partial charge in [0.1, 0.15) is 6.10 Å². The van der Waals surface area contributed by atoms with Crippen LogP contribution in [0.2, 0.25) is 0 Å². The van der Waals surface area contributed by atoms with E-state index in [0.717, 1.165) is 31.6 Å². The van der Waals surface area contributed by atoms with Crippen molar-refractivity contribution in [2.45, 2.75) is 32.5 Å². The van der Waals surface area contributed by atoms with Crippen molar-refractivity contribution in [3.8, 4) is 0 Å². The van der Waals surface area contributed by atoms with E-state index in [0.29, 0.717) is 19.7 Å². The van der Waals surface area contributed by atoms with E-state index in [9.17, 15) is 4.79 Å². The predicted molar refractivity (Wildman–Crippen MR) is 96.0 cm³/mol. The third kappa shape index (κ3) is 5.41. The minimum atomic E-state index is -0.385. The van der Waals surface area contributed by atoms with Gasteiger partial charge < -0.3 is 10.1 Å². The molecule has 1 atom stereocenters. The molecule has 134 valence electrons. The molecule has 1 aliphatic rings. The van der Waals surface area contributed by atoms with Crippen LogP contribution in [-0.4, -0.2) is 52.9 Å². The molecule has 0 spiro atoms. The zero-order valence-corrected chi connectivity index (χ0v) is 14.7. The molecule has 6 heteroatoms. The summed E-state index contributed by atoms with van der Waals surface area (Å²) < 4.78 is 7.56. The molecule has 1 aromatic carbocycles. The summed E-state index contributed by atoms with van der Waals surface area (Å²) in [5.41, 5.74) is 2.41. The number of carbonyl (C=O) groups excluding carboxylic acids is 1. The van der Waals surface area contributed by atoms with Gasteiger partial charge in [0, 0.05) is 38.9 Å². The molecular formula is C19H26N4O2. The van der Waals surface area contributed by atoms with Crippen molar-refractivity contribution in [3.63, 3.8) is 0 Å². The van der Waals surface area contributed by atoms with Gasteiger partial charge in [0.15, 0.2) is 0 Å². The quantitative estimate of drug-likeness (QED) is 0.777. The average Bonchev–Trinajstić information content (AvgIpc) is 3.05. The summed E-state index contributed by atoms with van der Waals surface area (Å²) in [5.74, 6) is -0.0191. The summed E-state index contributed by atoms with van der Waals surface area (Å²) in [5, 5.41) is 7.23. The Labute approximate surface area is 148 Å². The van der Waals surface area contributed by atoms with Gasteiger partial charge in [-0.15, -0.1) is 0 Å². The standard InChI is InChI=1S/C19H26N4O2/c1-16-12-21-23(13-16)9-5-8-20-19(24)18-15-22(10-11-25-18)14-17-6-3-2-4-7-17/h2-4,6-7,12-13,18H,5,8-11,14-15H2,1H3,(H,20,24). The zero-order valence-electron chi connectivity index (χ0n) is 14.7. The monoisotopic (exact) mass is 342 g/mol. The second-order valence-electron chi connectivity index (χ2n) is 6.51. The Kier molecular flexibility index (Phi) is 6.19. The highest BCUT2D eigenvalue weighted by Crippen LogP contribution is 2.10. The summed E-state index contributed by atoms with van der Waals surface area (Å²) in [6.07, 6.45) is 4.32. The van der Waals surface area contributed by atoms with Gasteiger partial charge >= 0.3 is 0 Å². The highest BCUT2D eigenvalue weighted by Gasteiger charge is 2.26. The third-order valence-electron chi connectivity index (χ3n) is 4.32. The number of hydrogen-bond donors (Lipinski definition) is 1. The Balaban J connectivity index is 1.39. The minimum Gasteiger partial charge on any atom is -0.366 e. The fraction of sp³-hybridized carbons (Fsp3) is 0.474. The van der Waals surface area contributed by atoms with Crippen molar-refractivity contribution < 1.29 is 9.53 Å². The van der Waals surface area contributed by atoms with Crippen LogP contribution in [0.1, 0.15) is 17.5 Å². The van der Waals surface area contributed by atoms with Crippen molar-refractivity contribution in [3.05, 3.63) is 53.9 Å². The van der Waals surface area contributed by atoms with E-state index in [4.69, 9.17) is 4.74 Å². The van der Waals surface area contributed by atoms with Gasteiger partial charge in [0.05, 0.1) is 12.8 Å². The fourth-order valence-corrected chi connectivity index (χ4v) is 3.00. The maximum Gasteiger partial charge on any atom is 0.250 e. The van der Waals surface area contributed by atoms with E-state index in [-0.39, 0.29) is 12.0 Å². The number of ether oxygens (including phenoxy) is 1. The molecule has 2 heterocycles. The summed E-state index contributed by atoms with van der Waals surface area (Å²) in [4.78, 5) is 14.6. The maximum atomic E-state index is 12.3. The smallest absolute Gasteiger partial charge is 0.250 e. The number of nitrogens with one attached hydrogen (secondary N) is 1. The van der Waals surface area contributed by atoms with E-state index in [1.165, 1.54) is 5.56 Å². The molecule has 3 rings (SSSR count). The molecular weight excluding hydrogens is 316 g/mol. The minimum absolute atomic E-state index is 0.0191. The lowest BCUT2D eigenvalue weighted by Crippen LogP contribution is -2.49. The molecule has 0 aliphatic carbocycles. The van der Waals surface area contributed by atoms with E-state index >= 15 is 0 Å². The molecule has 1 aliphatic heterocycles. The van der Waals surface area contributed by atoms with Gasteiger partial charge in [-0.2, -0.15) is 5.10 Å². The van der Waals surface area contributed by atoms with Gasteiger partial charge in [-0.05, 0) is 24.5 Å². The molecule has 0 radical (unpaired) electrons. The molecule has 0 saturated carbocycles. The van der Waals surface area contributed by atoms with Crippen LogP contribution in [0, 0.1) is 6.92 Å². The van der Waals surface area contributed by atoms with Crippen molar-refractivity contribution in [2.75, 3.05) is 26.2 Å². The molecule has 1 aromatic heterocycles. The summed E-state index contributed by atoms with van der Waals surface area (Å²) >= 11 is 0. The number of rotatable bonds is 7. The second kappa shape index (κ2) is 8.78. The molecule has 1 N–H and O–H groups in total. The largest absolute Gasteiger partial charge is 0.366 e. The Morgan fingerprint density at radius 1 is 1.36 bits per heavy atom. The summed E-state index contributed by atoms with van der Waals surface area (Å²) in [7, 11) is 0. The normalized spacial score (nSPS) is 18.2. The Bertz CT molecular complexity index is 671. The highest BCUT2D eigenvalue weighted by molar-refractivity contribution is 5.81. The van der Waals surface area contributed by atoms with Crippen LogP contribution in [0.15, 0.2) is 42.7 Å². The number of aromatic nitrogens is 2. The first-order valence-corrected chi connectivity index (χ1v) is 8.85. The predicted octanol–water partition coefficient (Wildman–Crippen LogP) is 1.60. The molecule has 6 nitrogen and oxygen atoms in total. The molecule has 1 amide bonds. The van der Waals surface area contributed by atoms with E-state index < -0.39 is 0 Å². The number of benzene rings is 1. The second-order valence-corrected chi connectivity index (χ2v) is 6.51. The van der Waals surface area contributed by atoms with Crippen LogP contribution in [-0.2, 0) is 22.6 Å². The van der Waals surface area contributed by atoms with E-state index in [2.05, 4.69) is 27.4 Å². The SMILES string of the molecule is Cc1cnn(CCCNC(=O)C2CN(Cc3ccccc3)CCO2)c1. The van der Waals surface area contributed by atoms with Crippen molar-refractivity contribution in [2.24, 2.45) is 0 Å². The lowest BCUT2D eigenvalue weighted by molar-refractivity contribution is -0.138. The van der Waals surface area contributed by atoms with Gasteiger partial charge in [-0.1, -0.05) is 30.3 Å². The fourth-order valence-electron chi connectivity index (χ4n) is 3.00. The maximum absolute atomic E-state index is 12.3. The third-order valence-corrected chi connectivity index (χ3v) is 4.32. The van der Waals surface area contributed by atoms with Crippen molar-refractivity contribution in [1.29, 1.82) is 0 Å². The van der Waals surface area contributed by atoms with Crippen LogP contribution in [0.3, 0.4) is 0 Å². The Morgan fingerprint density at radius 2 is 2.20 bits per heavy atom. The van der Waals surface area contributed by atoms with Gasteiger partial charge in [0.25, 0.3) is 0 Å². The number of amides is 1. The molecule has 2 aromatic rings. The number of carbonyl (C=O) groups is 1. The van der Waals surface area contributed by atoms with E-state index in [1.54, 1.807) is 0 Å². The summed E-state index contributed by atoms with van der Waals surface area (Å²) in [6.45, 7) is 6.41. The number of aryl methyl sites for hydroxylation is 2. The van der Waals surface area contributed by atoms with Crippen LogP contribution in [0.4, 0.5) is 0 Å². The molecule has 0 bridgehead atoms. The first-order valence-electron chi connectivity index (χ1n) is 8.85. The van der Waals surface area contributed by atoms with Gasteiger partial charge in [-0.3, -0.25) is 14.4 Å². The number of nitrogens with zero attached hydrogens (tertiary/aromatic N) is 3. The van der Waals surface area contributed by atoms with Crippen LogP contribution >= 0.6 is 0 Å². The molecule has 1 unspecified atom stereocenters. The molecule has 25 heavy (non-hydrogen) atoms. The lowest BCUT2D eigenvalue weighted by atomic mass is 10.2. The van der Waals surface area contributed by atoms with Crippen molar-refractivity contribution >= 4 is 5.91 Å². The topological polar surface area (TPSA) is 59.4 Å². The Hall–Kier alpha value is -2.18. The molecule has 1 fully saturated rings. The average molecular weight is 342 g/mol. The number of hydrogen-bond acceptors (Lipinski definition) is 4. The highest BCUT2D eigenvalue weighted by atomic mass is 16.5. The van der Waals surface area contributed by atoms with Crippen LogP contribution in [0.5, 0.6) is 0 Å². The van der Waals surface area contributed by atoms with E-state index in [1.807, 2.05) is 42.2 Å².